The van der Waals surface area contributed by atoms with Gasteiger partial charge in [0.15, 0.2) is 11.4 Å². The average molecular weight is 541 g/mol. The number of likely N-dealkylation sites (N-methyl/N-ethyl adjacent to an activating group) is 1. The summed E-state index contributed by atoms with van der Waals surface area (Å²) in [6.45, 7) is 1.70. The summed E-state index contributed by atoms with van der Waals surface area (Å²) in [7, 11) is 3.18. The lowest BCUT2D eigenvalue weighted by atomic mass is 9.57. The minimum atomic E-state index is -2.66. The molecule has 39 heavy (non-hydrogen) atoms. The first kappa shape index (κ1) is 26.9. The molecule has 4 aliphatic rings. The number of amides is 2. The van der Waals surface area contributed by atoms with Crippen LogP contribution in [0.3, 0.4) is 0 Å². The van der Waals surface area contributed by atoms with Gasteiger partial charge < -0.3 is 31.1 Å². The SMILES string of the molecule is CN(C)C1C(=O)C(C(=O)NCN2CCCC2)=C(O)C2(O)C(=O)C3=C(O)c4c(ccc(NC=O)c4O)CC3CC12. The number of carbonyl (C=O) groups excluding carboxylic acids is 4. The molecule has 3 aliphatic carbocycles. The number of rotatable bonds is 6. The van der Waals surface area contributed by atoms with Gasteiger partial charge in [0.05, 0.1) is 24.0 Å². The van der Waals surface area contributed by atoms with Crippen molar-refractivity contribution in [1.29, 1.82) is 0 Å². The average Bonchev–Trinajstić information content (AvgIpc) is 3.40. The van der Waals surface area contributed by atoms with Crippen molar-refractivity contribution in [3.63, 3.8) is 0 Å². The van der Waals surface area contributed by atoms with Gasteiger partial charge in [-0.3, -0.25) is 29.0 Å². The van der Waals surface area contributed by atoms with E-state index in [1.807, 2.05) is 4.90 Å². The third-order valence-corrected chi connectivity index (χ3v) is 8.45. The highest BCUT2D eigenvalue weighted by Crippen LogP contribution is 2.53. The normalized spacial score (nSPS) is 28.8. The van der Waals surface area contributed by atoms with E-state index in [1.54, 1.807) is 20.2 Å². The number of hydrogen-bond donors (Lipinski definition) is 6. The fourth-order valence-electron chi connectivity index (χ4n) is 6.59. The van der Waals surface area contributed by atoms with Crippen LogP contribution >= 0.6 is 0 Å². The van der Waals surface area contributed by atoms with Crippen LogP contribution in [0, 0.1) is 11.8 Å². The standard InChI is InChI=1S/C27H32N4O8/c1-30(2)20-15-10-14-9-13-5-6-16(29-12-32)21(33)17(13)22(34)18(14)24(36)27(15,39)25(37)19(23(20)35)26(38)28-11-31-7-3-4-8-31/h5-6,12,14-15,20,33-34,37,39H,3-4,7-11H2,1-2H3,(H,28,38)(H,29,32). The lowest BCUT2D eigenvalue weighted by molar-refractivity contribution is -0.153. The molecule has 0 bridgehead atoms. The van der Waals surface area contributed by atoms with E-state index in [4.69, 9.17) is 0 Å². The summed E-state index contributed by atoms with van der Waals surface area (Å²) in [6.07, 6.45) is 2.55. The molecule has 1 aromatic carbocycles. The van der Waals surface area contributed by atoms with E-state index in [1.165, 1.54) is 11.0 Å². The maximum Gasteiger partial charge on any atom is 0.259 e. The zero-order valence-corrected chi connectivity index (χ0v) is 21.7. The number of hydrogen-bond acceptors (Lipinski definition) is 10. The number of aromatic hydroxyl groups is 1. The van der Waals surface area contributed by atoms with Crippen LogP contribution in [-0.2, 0) is 25.6 Å². The predicted octanol–water partition coefficient (Wildman–Crippen LogP) is 0.217. The molecule has 0 spiro atoms. The highest BCUT2D eigenvalue weighted by Gasteiger charge is 2.64. The summed E-state index contributed by atoms with van der Waals surface area (Å²) in [6, 6.07) is 1.98. The van der Waals surface area contributed by atoms with E-state index in [9.17, 15) is 39.6 Å². The fourth-order valence-corrected chi connectivity index (χ4v) is 6.59. The van der Waals surface area contributed by atoms with Crippen LogP contribution in [0.15, 0.2) is 29.0 Å². The topological polar surface area (TPSA) is 180 Å². The maximum absolute atomic E-state index is 14.0. The van der Waals surface area contributed by atoms with Crippen molar-refractivity contribution < 1.29 is 39.6 Å². The van der Waals surface area contributed by atoms with Crippen molar-refractivity contribution in [3.8, 4) is 5.75 Å². The van der Waals surface area contributed by atoms with Crippen molar-refractivity contribution in [2.45, 2.75) is 37.3 Å². The van der Waals surface area contributed by atoms with Crippen LogP contribution < -0.4 is 10.6 Å². The molecule has 12 nitrogen and oxygen atoms in total. The number of anilines is 1. The minimum absolute atomic E-state index is 0.0184. The summed E-state index contributed by atoms with van der Waals surface area (Å²) in [5.41, 5.74) is -3.09. The molecule has 1 aromatic rings. The Kier molecular flexibility index (Phi) is 6.73. The number of benzene rings is 1. The first-order chi connectivity index (χ1) is 18.5. The smallest absolute Gasteiger partial charge is 0.259 e. The molecule has 0 radical (unpaired) electrons. The summed E-state index contributed by atoms with van der Waals surface area (Å²) in [5.74, 6) is -6.44. The van der Waals surface area contributed by atoms with Crippen molar-refractivity contribution in [2.75, 3.05) is 39.2 Å². The van der Waals surface area contributed by atoms with Gasteiger partial charge in [-0.2, -0.15) is 0 Å². The van der Waals surface area contributed by atoms with Gasteiger partial charge in [0.25, 0.3) is 5.91 Å². The third-order valence-electron chi connectivity index (χ3n) is 8.45. The zero-order valence-electron chi connectivity index (χ0n) is 21.7. The van der Waals surface area contributed by atoms with E-state index in [0.29, 0.717) is 12.0 Å². The largest absolute Gasteiger partial charge is 0.508 e. The summed E-state index contributed by atoms with van der Waals surface area (Å²) in [5, 5.41) is 50.0. The maximum atomic E-state index is 14.0. The van der Waals surface area contributed by atoms with E-state index in [-0.39, 0.29) is 36.3 Å². The van der Waals surface area contributed by atoms with Crippen molar-refractivity contribution in [1.82, 2.24) is 15.1 Å². The molecule has 208 valence electrons. The Hall–Kier alpha value is -3.74. The number of aliphatic hydroxyl groups excluding tert-OH is 2. The van der Waals surface area contributed by atoms with Crippen molar-refractivity contribution in [2.24, 2.45) is 11.8 Å². The van der Waals surface area contributed by atoms with Crippen LogP contribution in [0.2, 0.25) is 0 Å². The second-order valence-electron chi connectivity index (χ2n) is 10.8. The quantitative estimate of drug-likeness (QED) is 0.166. The van der Waals surface area contributed by atoms with Crippen LogP contribution in [0.25, 0.3) is 5.76 Å². The molecule has 2 fully saturated rings. The number of phenols is 1. The molecule has 5 rings (SSSR count). The molecule has 2 amide bonds. The first-order valence-electron chi connectivity index (χ1n) is 12.9. The number of nitrogens with one attached hydrogen (secondary N) is 2. The number of nitrogens with zero attached hydrogens (tertiary/aromatic N) is 2. The van der Waals surface area contributed by atoms with Gasteiger partial charge in [0.2, 0.25) is 12.2 Å². The predicted molar refractivity (Wildman–Crippen MR) is 139 cm³/mol. The van der Waals surface area contributed by atoms with Gasteiger partial charge in [0.1, 0.15) is 22.8 Å². The molecule has 12 heteroatoms. The van der Waals surface area contributed by atoms with E-state index < -0.39 is 63.8 Å². The Morgan fingerprint density at radius 2 is 1.87 bits per heavy atom. The molecule has 0 aromatic heterocycles. The zero-order chi connectivity index (χ0) is 28.2. The van der Waals surface area contributed by atoms with Gasteiger partial charge in [0, 0.05) is 11.5 Å². The highest BCUT2D eigenvalue weighted by atomic mass is 16.3. The van der Waals surface area contributed by atoms with Crippen LogP contribution in [0.4, 0.5) is 5.69 Å². The molecular weight excluding hydrogens is 508 g/mol. The Balaban J connectivity index is 1.60. The van der Waals surface area contributed by atoms with Gasteiger partial charge in [-0.1, -0.05) is 6.07 Å². The van der Waals surface area contributed by atoms with Crippen molar-refractivity contribution >= 4 is 35.3 Å². The monoisotopic (exact) mass is 540 g/mol. The number of Topliss-reactive ketones (excluding diaryl/α,β-unsaturated/α-hetero) is 2. The number of ketones is 2. The number of likely N-dealkylation sites (tertiary alicyclic amines) is 1. The Morgan fingerprint density at radius 1 is 1.18 bits per heavy atom. The Labute approximate surface area is 224 Å². The van der Waals surface area contributed by atoms with E-state index in [2.05, 4.69) is 10.6 Å². The third kappa shape index (κ3) is 4.01. The minimum Gasteiger partial charge on any atom is -0.508 e. The van der Waals surface area contributed by atoms with Gasteiger partial charge in [-0.25, -0.2) is 0 Å². The summed E-state index contributed by atoms with van der Waals surface area (Å²) < 4.78 is 0. The Morgan fingerprint density at radius 3 is 2.51 bits per heavy atom. The van der Waals surface area contributed by atoms with Crippen LogP contribution in [0.5, 0.6) is 5.75 Å². The van der Waals surface area contributed by atoms with Crippen LogP contribution in [0.1, 0.15) is 30.4 Å². The van der Waals surface area contributed by atoms with E-state index in [0.717, 1.165) is 25.9 Å². The molecule has 4 atom stereocenters. The molecule has 1 saturated heterocycles. The second-order valence-corrected chi connectivity index (χ2v) is 10.8. The summed E-state index contributed by atoms with van der Waals surface area (Å²) in [4.78, 5) is 55.2. The molecule has 1 heterocycles. The van der Waals surface area contributed by atoms with Crippen molar-refractivity contribution in [3.05, 3.63) is 40.2 Å². The summed E-state index contributed by atoms with van der Waals surface area (Å²) >= 11 is 0. The second kappa shape index (κ2) is 9.78. The number of phenolic OH excluding ortho intramolecular Hbond substituents is 1. The highest BCUT2D eigenvalue weighted by molar-refractivity contribution is 6.25. The van der Waals surface area contributed by atoms with Gasteiger partial charge >= 0.3 is 0 Å². The molecular formula is C27H32N4O8. The number of carbonyl (C=O) groups is 4. The van der Waals surface area contributed by atoms with Gasteiger partial charge in [-0.05, 0) is 70.4 Å². The molecule has 6 N–H and O–H groups in total. The molecule has 1 saturated carbocycles. The van der Waals surface area contributed by atoms with Crippen LogP contribution in [-0.4, -0.2) is 99.6 Å². The first-order valence-corrected chi connectivity index (χ1v) is 12.9. The molecule has 1 aliphatic heterocycles. The Bertz CT molecular complexity index is 1330. The number of fused-ring (bicyclic) bond motifs is 3. The number of aliphatic hydroxyl groups is 3. The lowest BCUT2D eigenvalue weighted by Gasteiger charge is -2.50. The fraction of sp³-hybridized carbons (Fsp3) is 0.481. The van der Waals surface area contributed by atoms with Gasteiger partial charge in [-0.15, -0.1) is 0 Å². The van der Waals surface area contributed by atoms with E-state index >= 15 is 0 Å². The lowest BCUT2D eigenvalue weighted by Crippen LogP contribution is -2.66. The molecule has 4 unspecified atom stereocenters.